The minimum absolute atomic E-state index is 0.162. The van der Waals surface area contributed by atoms with Crippen molar-refractivity contribution in [2.75, 3.05) is 31.5 Å². The number of nitrogens with one attached hydrogen (secondary N) is 1. The fraction of sp³-hybridized carbons (Fsp3) is 0.214. The molecule has 1 saturated heterocycles. The molecule has 2 N–H and O–H groups in total. The van der Waals surface area contributed by atoms with Crippen molar-refractivity contribution < 1.29 is 41.8 Å². The summed E-state index contributed by atoms with van der Waals surface area (Å²) in [5, 5.41) is 12.3. The summed E-state index contributed by atoms with van der Waals surface area (Å²) in [4.78, 5) is 43.6. The summed E-state index contributed by atoms with van der Waals surface area (Å²) in [6, 6.07) is 11.5. The SMILES string of the molecule is Cn1c(C(=O)N2CCN(C(=O)O)CC2)cc2ccc(Oc3ccc(NC(=O)c4ccc(C(F)(F)F)cc4F)cn3)cc21. The van der Waals surface area contributed by atoms with Gasteiger partial charge in [-0.15, -0.1) is 0 Å². The molecule has 2 aromatic carbocycles. The van der Waals surface area contributed by atoms with Crippen LogP contribution in [-0.4, -0.2) is 68.5 Å². The van der Waals surface area contributed by atoms with Gasteiger partial charge in [-0.3, -0.25) is 9.59 Å². The molecule has 0 bridgehead atoms. The number of benzene rings is 2. The van der Waals surface area contributed by atoms with Crippen molar-refractivity contribution >= 4 is 34.5 Å². The molecule has 218 valence electrons. The van der Waals surface area contributed by atoms with E-state index in [1.54, 1.807) is 40.8 Å². The Bertz CT molecular complexity index is 1680. The maximum Gasteiger partial charge on any atom is 0.416 e. The van der Waals surface area contributed by atoms with Crippen LogP contribution in [0.1, 0.15) is 26.4 Å². The lowest BCUT2D eigenvalue weighted by atomic mass is 10.1. The van der Waals surface area contributed by atoms with Crippen LogP contribution in [0, 0.1) is 5.82 Å². The molecule has 0 saturated carbocycles. The number of aryl methyl sites for hydroxylation is 1. The molecule has 4 aromatic rings. The van der Waals surface area contributed by atoms with Crippen LogP contribution >= 0.6 is 0 Å². The standard InChI is InChI=1S/C28H23F4N5O5/c1-35-22-14-19(5-2-16(22)12-23(35)26(39)36-8-10-37(11-9-36)27(40)41)42-24-7-4-18(15-33-24)34-25(38)20-6-3-17(13-21(20)29)28(30,31)32/h2-7,12-15H,8-11H2,1H3,(H,34,38)(H,40,41). The van der Waals surface area contributed by atoms with E-state index in [0.29, 0.717) is 36.1 Å². The zero-order chi connectivity index (χ0) is 30.2. The lowest BCUT2D eigenvalue weighted by Crippen LogP contribution is -2.50. The highest BCUT2D eigenvalue weighted by Gasteiger charge is 2.32. The number of halogens is 4. The number of hydrogen-bond donors (Lipinski definition) is 2. The van der Waals surface area contributed by atoms with Crippen molar-refractivity contribution in [1.82, 2.24) is 19.4 Å². The summed E-state index contributed by atoms with van der Waals surface area (Å²) >= 11 is 0. The fourth-order valence-corrected chi connectivity index (χ4v) is 4.55. The number of anilines is 1. The van der Waals surface area contributed by atoms with Crippen LogP contribution in [-0.2, 0) is 13.2 Å². The first-order valence-corrected chi connectivity index (χ1v) is 12.6. The maximum atomic E-state index is 14.1. The van der Waals surface area contributed by atoms with E-state index in [-0.39, 0.29) is 36.6 Å². The third-order valence-corrected chi connectivity index (χ3v) is 6.83. The number of alkyl halides is 3. The molecule has 0 atom stereocenters. The van der Waals surface area contributed by atoms with Gasteiger partial charge in [0.05, 0.1) is 28.5 Å². The molecule has 42 heavy (non-hydrogen) atoms. The third kappa shape index (κ3) is 5.82. The van der Waals surface area contributed by atoms with Crippen molar-refractivity contribution in [2.45, 2.75) is 6.18 Å². The number of aromatic nitrogens is 2. The van der Waals surface area contributed by atoms with Crippen molar-refractivity contribution in [3.05, 3.63) is 83.4 Å². The van der Waals surface area contributed by atoms with Crippen LogP contribution in [0.3, 0.4) is 0 Å². The second kappa shape index (κ2) is 11.0. The average Bonchev–Trinajstić information content (AvgIpc) is 3.28. The van der Waals surface area contributed by atoms with Crippen LogP contribution in [0.25, 0.3) is 10.9 Å². The van der Waals surface area contributed by atoms with Crippen LogP contribution < -0.4 is 10.1 Å². The summed E-state index contributed by atoms with van der Waals surface area (Å²) in [7, 11) is 1.74. The quantitative estimate of drug-likeness (QED) is 0.311. The van der Waals surface area contributed by atoms with Crippen LogP contribution in [0.4, 0.5) is 28.0 Å². The number of nitrogens with zero attached hydrogens (tertiary/aromatic N) is 4. The molecule has 2 aromatic heterocycles. The fourth-order valence-electron chi connectivity index (χ4n) is 4.55. The molecule has 1 aliphatic heterocycles. The number of amides is 3. The number of pyridine rings is 1. The summed E-state index contributed by atoms with van der Waals surface area (Å²) in [6.45, 7) is 1.07. The van der Waals surface area contributed by atoms with E-state index in [0.717, 1.165) is 11.5 Å². The van der Waals surface area contributed by atoms with Gasteiger partial charge in [-0.05, 0) is 42.5 Å². The highest BCUT2D eigenvalue weighted by atomic mass is 19.4. The van der Waals surface area contributed by atoms with Gasteiger partial charge in [-0.25, -0.2) is 14.2 Å². The van der Waals surface area contributed by atoms with Crippen LogP contribution in [0.15, 0.2) is 60.8 Å². The second-order valence-electron chi connectivity index (χ2n) is 9.50. The van der Waals surface area contributed by atoms with Crippen molar-refractivity contribution in [3.8, 4) is 11.6 Å². The lowest BCUT2D eigenvalue weighted by Gasteiger charge is -2.33. The zero-order valence-electron chi connectivity index (χ0n) is 22.0. The van der Waals surface area contributed by atoms with E-state index in [1.807, 2.05) is 0 Å². The smallest absolute Gasteiger partial charge is 0.416 e. The van der Waals surface area contributed by atoms with Gasteiger partial charge in [-0.1, -0.05) is 0 Å². The maximum absolute atomic E-state index is 14.1. The first kappa shape index (κ1) is 28.4. The minimum Gasteiger partial charge on any atom is -0.465 e. The van der Waals surface area contributed by atoms with Crippen LogP contribution in [0.5, 0.6) is 11.6 Å². The lowest BCUT2D eigenvalue weighted by molar-refractivity contribution is -0.137. The summed E-state index contributed by atoms with van der Waals surface area (Å²) < 4.78 is 59.9. The first-order chi connectivity index (χ1) is 19.9. The number of carbonyl (C=O) groups is 3. The highest BCUT2D eigenvalue weighted by molar-refractivity contribution is 6.04. The monoisotopic (exact) mass is 585 g/mol. The van der Waals surface area contributed by atoms with E-state index in [9.17, 15) is 31.9 Å². The normalized spacial score (nSPS) is 13.7. The highest BCUT2D eigenvalue weighted by Crippen LogP contribution is 2.31. The predicted octanol–water partition coefficient (Wildman–Crippen LogP) is 5.21. The molecule has 3 amide bonds. The number of carboxylic acid groups (broad SMARTS) is 1. The number of ether oxygens (including phenoxy) is 1. The van der Waals surface area contributed by atoms with Gasteiger partial charge < -0.3 is 29.5 Å². The van der Waals surface area contributed by atoms with E-state index in [2.05, 4.69) is 10.3 Å². The Kier molecular flexibility index (Phi) is 7.45. The molecule has 3 heterocycles. The van der Waals surface area contributed by atoms with Gasteiger partial charge in [0.15, 0.2) is 0 Å². The number of piperazine rings is 1. The summed E-state index contributed by atoms with van der Waals surface area (Å²) in [5.41, 5.74) is -0.445. The Morgan fingerprint density at radius 3 is 2.29 bits per heavy atom. The molecular weight excluding hydrogens is 562 g/mol. The number of rotatable bonds is 5. The molecule has 0 unspecified atom stereocenters. The van der Waals surface area contributed by atoms with Crippen molar-refractivity contribution in [3.63, 3.8) is 0 Å². The Balaban J connectivity index is 1.25. The number of carbonyl (C=O) groups excluding carboxylic acids is 2. The largest absolute Gasteiger partial charge is 0.465 e. The Hall–Kier alpha value is -5.14. The predicted molar refractivity (Wildman–Crippen MR) is 142 cm³/mol. The molecule has 14 heteroatoms. The third-order valence-electron chi connectivity index (χ3n) is 6.83. The Labute approximate surface area is 235 Å². The van der Waals surface area contributed by atoms with E-state index >= 15 is 0 Å². The summed E-state index contributed by atoms with van der Waals surface area (Å²) in [6.07, 6.45) is -4.50. The average molecular weight is 586 g/mol. The first-order valence-electron chi connectivity index (χ1n) is 12.6. The van der Waals surface area contributed by atoms with Gasteiger partial charge in [0.1, 0.15) is 17.3 Å². The van der Waals surface area contributed by atoms with Gasteiger partial charge >= 0.3 is 12.3 Å². The number of hydrogen-bond acceptors (Lipinski definition) is 5. The van der Waals surface area contributed by atoms with Gasteiger partial charge in [0.2, 0.25) is 5.88 Å². The van der Waals surface area contributed by atoms with E-state index in [1.165, 1.54) is 23.2 Å². The van der Waals surface area contributed by atoms with Crippen LogP contribution in [0.2, 0.25) is 0 Å². The Morgan fingerprint density at radius 2 is 1.67 bits per heavy atom. The van der Waals surface area contributed by atoms with Crippen molar-refractivity contribution in [2.24, 2.45) is 7.05 Å². The Morgan fingerprint density at radius 1 is 0.952 bits per heavy atom. The molecule has 1 aliphatic rings. The molecular formula is C28H23F4N5O5. The van der Waals surface area contributed by atoms with Crippen molar-refractivity contribution in [1.29, 1.82) is 0 Å². The molecule has 5 rings (SSSR count). The molecule has 0 spiro atoms. The van der Waals surface area contributed by atoms with Gasteiger partial charge in [-0.2, -0.15) is 13.2 Å². The van der Waals surface area contributed by atoms with E-state index in [4.69, 9.17) is 9.84 Å². The topological polar surface area (TPSA) is 117 Å². The molecule has 0 radical (unpaired) electrons. The van der Waals surface area contributed by atoms with Gasteiger partial charge in [0, 0.05) is 50.7 Å². The second-order valence-corrected chi connectivity index (χ2v) is 9.50. The minimum atomic E-state index is -4.74. The molecule has 1 fully saturated rings. The summed E-state index contributed by atoms with van der Waals surface area (Å²) in [5.74, 6) is -1.89. The van der Waals surface area contributed by atoms with Gasteiger partial charge in [0.25, 0.3) is 11.8 Å². The van der Waals surface area contributed by atoms with E-state index < -0.39 is 35.1 Å². The molecule has 10 nitrogen and oxygen atoms in total. The molecule has 0 aliphatic carbocycles. The zero-order valence-corrected chi connectivity index (χ0v) is 22.0. The number of fused-ring (bicyclic) bond motifs is 1.